The smallest absolute Gasteiger partial charge is 0.168 e. The molecule has 1 heterocycles. The Kier molecular flexibility index (Phi) is 4.90. The molecule has 0 saturated carbocycles. The molecule has 0 spiro atoms. The van der Waals surface area contributed by atoms with Crippen LogP contribution in [0.5, 0.6) is 5.75 Å². The maximum atomic E-state index is 5.41. The highest BCUT2D eigenvalue weighted by Gasteiger charge is 2.01. The number of aromatic nitrogens is 1. The number of nitrogens with zero attached hydrogens (tertiary/aromatic N) is 1. The topological polar surface area (TPSA) is 43.4 Å². The molecule has 0 bridgehead atoms. The van der Waals surface area contributed by atoms with Crippen LogP contribution in [0, 0.1) is 0 Å². The number of ether oxygens (including phenoxy) is 2. The van der Waals surface area contributed by atoms with Gasteiger partial charge in [0.25, 0.3) is 0 Å². The molecule has 84 valence electrons. The molecule has 1 aromatic rings. The molecule has 0 aliphatic heterocycles. The molecule has 0 aliphatic carbocycles. The summed E-state index contributed by atoms with van der Waals surface area (Å²) in [7, 11) is 1.63. The fourth-order valence-electron chi connectivity index (χ4n) is 1.15. The largest absolute Gasteiger partial charge is 0.493 e. The zero-order valence-electron chi connectivity index (χ0n) is 9.49. The summed E-state index contributed by atoms with van der Waals surface area (Å²) >= 11 is 0. The van der Waals surface area contributed by atoms with Crippen molar-refractivity contribution < 1.29 is 9.47 Å². The van der Waals surface area contributed by atoms with Crippen molar-refractivity contribution in [1.29, 1.82) is 0 Å². The number of rotatable bonds is 6. The molecule has 0 aliphatic rings. The van der Waals surface area contributed by atoms with Crippen LogP contribution in [0.25, 0.3) is 0 Å². The number of pyridine rings is 1. The lowest BCUT2D eigenvalue weighted by atomic mass is 10.4. The van der Waals surface area contributed by atoms with Gasteiger partial charge in [-0.1, -0.05) is 0 Å². The minimum atomic E-state index is 0.262. The van der Waals surface area contributed by atoms with Crippen LogP contribution in [0.4, 0.5) is 5.82 Å². The van der Waals surface area contributed by atoms with Gasteiger partial charge in [0.05, 0.1) is 19.8 Å². The van der Waals surface area contributed by atoms with Crippen molar-refractivity contribution in [2.24, 2.45) is 0 Å². The summed E-state index contributed by atoms with van der Waals surface area (Å²) < 4.78 is 10.6. The van der Waals surface area contributed by atoms with Gasteiger partial charge in [-0.15, -0.1) is 0 Å². The maximum absolute atomic E-state index is 5.41. The molecule has 4 nitrogen and oxygen atoms in total. The zero-order valence-corrected chi connectivity index (χ0v) is 9.49. The average Bonchev–Trinajstić information content (AvgIpc) is 2.24. The minimum absolute atomic E-state index is 0.262. The van der Waals surface area contributed by atoms with Crippen molar-refractivity contribution in [3.05, 3.63) is 18.3 Å². The van der Waals surface area contributed by atoms with Gasteiger partial charge in [0.15, 0.2) is 11.6 Å². The van der Waals surface area contributed by atoms with Crippen LogP contribution in [0.1, 0.15) is 13.8 Å². The molecule has 1 N–H and O–H groups in total. The molecule has 1 rings (SSSR count). The first kappa shape index (κ1) is 11.8. The number of hydrogen-bond acceptors (Lipinski definition) is 4. The number of nitrogens with one attached hydrogen (secondary N) is 1. The summed E-state index contributed by atoms with van der Waals surface area (Å²) in [6.45, 7) is 5.42. The van der Waals surface area contributed by atoms with Gasteiger partial charge in [-0.05, 0) is 26.0 Å². The van der Waals surface area contributed by atoms with E-state index in [4.69, 9.17) is 9.47 Å². The summed E-state index contributed by atoms with van der Waals surface area (Å²) in [6.07, 6.45) is 1.99. The number of anilines is 1. The molecular formula is C11H18N2O2. The van der Waals surface area contributed by atoms with Crippen LogP contribution >= 0.6 is 0 Å². The normalized spacial score (nSPS) is 10.4. The van der Waals surface area contributed by atoms with Gasteiger partial charge in [0.2, 0.25) is 0 Å². The minimum Gasteiger partial charge on any atom is -0.493 e. The van der Waals surface area contributed by atoms with Crippen molar-refractivity contribution in [1.82, 2.24) is 4.98 Å². The Morgan fingerprint density at radius 3 is 2.93 bits per heavy atom. The lowest BCUT2D eigenvalue weighted by Gasteiger charge is -2.11. The monoisotopic (exact) mass is 210 g/mol. The molecule has 0 unspecified atom stereocenters. The second-order valence-electron chi connectivity index (χ2n) is 3.40. The Hall–Kier alpha value is -1.29. The Bertz CT molecular complexity index is 290. The SMILES string of the molecule is COc1cccnc1NCCOC(C)C. The molecule has 15 heavy (non-hydrogen) atoms. The van der Waals surface area contributed by atoms with Gasteiger partial charge < -0.3 is 14.8 Å². The highest BCUT2D eigenvalue weighted by Crippen LogP contribution is 2.19. The molecular weight excluding hydrogens is 192 g/mol. The van der Waals surface area contributed by atoms with Gasteiger partial charge in [-0.3, -0.25) is 0 Å². The third-order valence-electron chi connectivity index (χ3n) is 1.84. The highest BCUT2D eigenvalue weighted by molar-refractivity contribution is 5.49. The van der Waals surface area contributed by atoms with E-state index in [1.165, 1.54) is 0 Å². The van der Waals surface area contributed by atoms with Gasteiger partial charge in [0.1, 0.15) is 0 Å². The lowest BCUT2D eigenvalue weighted by molar-refractivity contribution is 0.0870. The average molecular weight is 210 g/mol. The van der Waals surface area contributed by atoms with E-state index in [-0.39, 0.29) is 6.10 Å². The van der Waals surface area contributed by atoms with Crippen LogP contribution in [-0.4, -0.2) is 31.3 Å². The first-order valence-corrected chi connectivity index (χ1v) is 5.08. The van der Waals surface area contributed by atoms with Crippen molar-refractivity contribution >= 4 is 5.82 Å². The fourth-order valence-corrected chi connectivity index (χ4v) is 1.15. The molecule has 0 fully saturated rings. The number of methoxy groups -OCH3 is 1. The van der Waals surface area contributed by atoms with Crippen LogP contribution in [0.3, 0.4) is 0 Å². The lowest BCUT2D eigenvalue weighted by Crippen LogP contribution is -2.14. The molecule has 0 atom stereocenters. The molecule has 4 heteroatoms. The van der Waals surface area contributed by atoms with Crippen molar-refractivity contribution in [3.63, 3.8) is 0 Å². The van der Waals surface area contributed by atoms with Crippen LogP contribution in [0.15, 0.2) is 18.3 Å². The number of hydrogen-bond donors (Lipinski definition) is 1. The Balaban J connectivity index is 2.36. The molecule has 0 radical (unpaired) electrons. The third kappa shape index (κ3) is 4.16. The highest BCUT2D eigenvalue weighted by atomic mass is 16.5. The summed E-state index contributed by atoms with van der Waals surface area (Å²) in [6, 6.07) is 3.72. The second kappa shape index (κ2) is 6.24. The quantitative estimate of drug-likeness (QED) is 0.728. The first-order chi connectivity index (χ1) is 7.24. The second-order valence-corrected chi connectivity index (χ2v) is 3.40. The van der Waals surface area contributed by atoms with Crippen molar-refractivity contribution in [2.45, 2.75) is 20.0 Å². The molecule has 0 amide bonds. The van der Waals surface area contributed by atoms with Crippen LogP contribution in [-0.2, 0) is 4.74 Å². The van der Waals surface area contributed by atoms with Gasteiger partial charge in [-0.25, -0.2) is 4.98 Å². The van der Waals surface area contributed by atoms with Gasteiger partial charge >= 0.3 is 0 Å². The summed E-state index contributed by atoms with van der Waals surface area (Å²) in [5.74, 6) is 1.51. The Morgan fingerprint density at radius 1 is 1.47 bits per heavy atom. The van der Waals surface area contributed by atoms with Crippen molar-refractivity contribution in [3.8, 4) is 5.75 Å². The predicted octanol–water partition coefficient (Wildman–Crippen LogP) is 1.93. The molecule has 1 aromatic heterocycles. The van der Waals surface area contributed by atoms with E-state index >= 15 is 0 Å². The standard InChI is InChI=1S/C11H18N2O2/c1-9(2)15-8-7-13-11-10(14-3)5-4-6-12-11/h4-6,9H,7-8H2,1-3H3,(H,12,13). The Labute approximate surface area is 90.6 Å². The summed E-state index contributed by atoms with van der Waals surface area (Å²) in [4.78, 5) is 4.17. The van der Waals surface area contributed by atoms with Crippen LogP contribution in [0.2, 0.25) is 0 Å². The van der Waals surface area contributed by atoms with E-state index < -0.39 is 0 Å². The van der Waals surface area contributed by atoms with Crippen LogP contribution < -0.4 is 10.1 Å². The van der Waals surface area contributed by atoms with Gasteiger partial charge in [0, 0.05) is 12.7 Å². The summed E-state index contributed by atoms with van der Waals surface area (Å²) in [5, 5.41) is 3.16. The van der Waals surface area contributed by atoms with E-state index in [0.29, 0.717) is 6.61 Å². The zero-order chi connectivity index (χ0) is 11.1. The maximum Gasteiger partial charge on any atom is 0.168 e. The molecule has 0 saturated heterocycles. The van der Waals surface area contributed by atoms with Crippen molar-refractivity contribution in [2.75, 3.05) is 25.6 Å². The van der Waals surface area contributed by atoms with E-state index in [9.17, 15) is 0 Å². The first-order valence-electron chi connectivity index (χ1n) is 5.08. The summed E-state index contributed by atoms with van der Waals surface area (Å²) in [5.41, 5.74) is 0. The van der Waals surface area contributed by atoms with E-state index in [0.717, 1.165) is 18.1 Å². The van der Waals surface area contributed by atoms with E-state index in [1.54, 1.807) is 13.3 Å². The Morgan fingerprint density at radius 2 is 2.27 bits per heavy atom. The van der Waals surface area contributed by atoms with E-state index in [2.05, 4.69) is 10.3 Å². The molecule has 0 aromatic carbocycles. The fraction of sp³-hybridized carbons (Fsp3) is 0.545. The predicted molar refractivity (Wildman–Crippen MR) is 60.4 cm³/mol. The van der Waals surface area contributed by atoms with Gasteiger partial charge in [-0.2, -0.15) is 0 Å². The van der Waals surface area contributed by atoms with E-state index in [1.807, 2.05) is 26.0 Å². The third-order valence-corrected chi connectivity index (χ3v) is 1.84.